The third kappa shape index (κ3) is 2.99. The fraction of sp³-hybridized carbons (Fsp3) is 0.400. The number of halogens is 1. The van der Waals surface area contributed by atoms with Crippen molar-refractivity contribution in [2.45, 2.75) is 19.9 Å². The molecule has 0 fully saturated rings. The molecule has 0 aliphatic heterocycles. The van der Waals surface area contributed by atoms with E-state index in [-0.39, 0.29) is 5.82 Å². The third-order valence-electron chi connectivity index (χ3n) is 3.08. The van der Waals surface area contributed by atoms with Crippen LogP contribution in [-0.2, 0) is 13.6 Å². The maximum Gasteiger partial charge on any atom is 0.136 e. The van der Waals surface area contributed by atoms with Crippen LogP contribution >= 0.6 is 0 Å². The van der Waals surface area contributed by atoms with Gasteiger partial charge in [-0.05, 0) is 25.1 Å². The smallest absolute Gasteiger partial charge is 0.136 e. The van der Waals surface area contributed by atoms with E-state index in [1.165, 1.54) is 13.2 Å². The highest BCUT2D eigenvalue weighted by molar-refractivity contribution is 5.70. The highest BCUT2D eigenvalue weighted by Crippen LogP contribution is 2.33. The van der Waals surface area contributed by atoms with Crippen LogP contribution in [0.1, 0.15) is 18.9 Å². The van der Waals surface area contributed by atoms with Gasteiger partial charge >= 0.3 is 0 Å². The molecule has 0 atom stereocenters. The largest absolute Gasteiger partial charge is 0.496 e. The lowest BCUT2D eigenvalue weighted by molar-refractivity contribution is 0.413. The zero-order chi connectivity index (χ0) is 14.5. The topological polar surface area (TPSA) is 39.1 Å². The number of benzene rings is 1. The van der Waals surface area contributed by atoms with Crippen molar-refractivity contribution in [3.8, 4) is 17.0 Å². The number of hydrogen-bond donors (Lipinski definition) is 1. The van der Waals surface area contributed by atoms with Crippen LogP contribution in [0.5, 0.6) is 5.75 Å². The van der Waals surface area contributed by atoms with Gasteiger partial charge in [0.1, 0.15) is 17.3 Å². The molecule has 0 spiro atoms. The zero-order valence-corrected chi connectivity index (χ0v) is 12.1. The van der Waals surface area contributed by atoms with Crippen molar-refractivity contribution in [2.24, 2.45) is 7.05 Å². The Morgan fingerprint density at radius 2 is 2.20 bits per heavy atom. The molecule has 0 radical (unpaired) electrons. The molecule has 108 valence electrons. The van der Waals surface area contributed by atoms with Crippen LogP contribution in [-0.4, -0.2) is 23.4 Å². The molecule has 1 N–H and O–H groups in total. The number of nitrogens with one attached hydrogen (secondary N) is 1. The van der Waals surface area contributed by atoms with E-state index >= 15 is 0 Å². The Morgan fingerprint density at radius 1 is 1.40 bits per heavy atom. The SMILES string of the molecule is CCCNCc1cn(C)nc1-c1c(F)cccc1OC. The van der Waals surface area contributed by atoms with E-state index in [0.29, 0.717) is 23.6 Å². The molecular formula is C15H20FN3O. The molecule has 1 aromatic heterocycles. The molecule has 2 rings (SSSR count). The molecule has 0 saturated carbocycles. The molecule has 0 aliphatic carbocycles. The fourth-order valence-electron chi connectivity index (χ4n) is 2.18. The molecule has 5 heteroatoms. The number of ether oxygens (including phenoxy) is 1. The average Bonchev–Trinajstić information content (AvgIpc) is 2.79. The second-order valence-electron chi connectivity index (χ2n) is 4.67. The summed E-state index contributed by atoms with van der Waals surface area (Å²) in [6, 6.07) is 4.81. The molecule has 0 saturated heterocycles. The second-order valence-corrected chi connectivity index (χ2v) is 4.67. The normalized spacial score (nSPS) is 10.8. The summed E-state index contributed by atoms with van der Waals surface area (Å²) in [5.74, 6) is 0.181. The predicted molar refractivity (Wildman–Crippen MR) is 77.2 cm³/mol. The standard InChI is InChI=1S/C15H20FN3O/c1-4-8-17-9-11-10-19(2)18-15(11)14-12(16)6-5-7-13(14)20-3/h5-7,10,17H,4,8-9H2,1-3H3. The molecule has 0 bridgehead atoms. The van der Waals surface area contributed by atoms with Crippen LogP contribution in [0.3, 0.4) is 0 Å². The molecule has 0 aliphatic rings. The van der Waals surface area contributed by atoms with Crippen LogP contribution in [0.25, 0.3) is 11.3 Å². The van der Waals surface area contributed by atoms with E-state index < -0.39 is 0 Å². The summed E-state index contributed by atoms with van der Waals surface area (Å²) in [6.45, 7) is 3.69. The van der Waals surface area contributed by atoms with Crippen LogP contribution in [0, 0.1) is 5.82 Å². The summed E-state index contributed by atoms with van der Waals surface area (Å²) in [6.07, 6.45) is 2.96. The number of aromatic nitrogens is 2. The van der Waals surface area contributed by atoms with Gasteiger partial charge in [-0.3, -0.25) is 4.68 Å². The van der Waals surface area contributed by atoms with Crippen molar-refractivity contribution in [3.63, 3.8) is 0 Å². The molecular weight excluding hydrogens is 257 g/mol. The quantitative estimate of drug-likeness (QED) is 0.825. The third-order valence-corrected chi connectivity index (χ3v) is 3.08. The van der Waals surface area contributed by atoms with Crippen LogP contribution < -0.4 is 10.1 Å². The summed E-state index contributed by atoms with van der Waals surface area (Å²) < 4.78 is 21.1. The maximum absolute atomic E-state index is 14.2. The Bertz CT molecular complexity index is 580. The Hall–Kier alpha value is -1.88. The Kier molecular flexibility index (Phi) is 4.74. The summed E-state index contributed by atoms with van der Waals surface area (Å²) >= 11 is 0. The van der Waals surface area contributed by atoms with E-state index in [1.807, 2.05) is 13.2 Å². The summed E-state index contributed by atoms with van der Waals surface area (Å²) in [5, 5.41) is 7.70. The van der Waals surface area contributed by atoms with Gasteiger partial charge in [0.05, 0.1) is 12.7 Å². The van der Waals surface area contributed by atoms with Crippen LogP contribution in [0.2, 0.25) is 0 Å². The van der Waals surface area contributed by atoms with E-state index in [1.54, 1.807) is 16.8 Å². The minimum absolute atomic E-state index is 0.320. The van der Waals surface area contributed by atoms with Crippen molar-refractivity contribution in [1.82, 2.24) is 15.1 Å². The predicted octanol–water partition coefficient (Wildman–Crippen LogP) is 2.73. The first kappa shape index (κ1) is 14.5. The number of hydrogen-bond acceptors (Lipinski definition) is 3. The lowest BCUT2D eigenvalue weighted by Gasteiger charge is -2.09. The Morgan fingerprint density at radius 3 is 2.90 bits per heavy atom. The monoisotopic (exact) mass is 277 g/mol. The van der Waals surface area contributed by atoms with Crippen molar-refractivity contribution >= 4 is 0 Å². The van der Waals surface area contributed by atoms with E-state index in [4.69, 9.17) is 4.74 Å². The first-order valence-electron chi connectivity index (χ1n) is 6.73. The Balaban J connectivity index is 2.42. The van der Waals surface area contributed by atoms with E-state index in [0.717, 1.165) is 18.5 Å². The van der Waals surface area contributed by atoms with Gasteiger partial charge in [0.15, 0.2) is 0 Å². The first-order valence-corrected chi connectivity index (χ1v) is 6.73. The summed E-state index contributed by atoms with van der Waals surface area (Å²) in [5.41, 5.74) is 2.01. The molecule has 2 aromatic rings. The van der Waals surface area contributed by atoms with Gasteiger partial charge in [-0.2, -0.15) is 5.10 Å². The lowest BCUT2D eigenvalue weighted by atomic mass is 10.1. The fourth-order valence-corrected chi connectivity index (χ4v) is 2.18. The Labute approximate surface area is 118 Å². The number of rotatable bonds is 6. The number of nitrogens with zero attached hydrogens (tertiary/aromatic N) is 2. The zero-order valence-electron chi connectivity index (χ0n) is 12.1. The second kappa shape index (κ2) is 6.52. The molecule has 0 unspecified atom stereocenters. The van der Waals surface area contributed by atoms with Crippen LogP contribution in [0.4, 0.5) is 4.39 Å². The highest BCUT2D eigenvalue weighted by Gasteiger charge is 2.18. The van der Waals surface area contributed by atoms with Gasteiger partial charge < -0.3 is 10.1 Å². The molecule has 1 aromatic carbocycles. The van der Waals surface area contributed by atoms with Gasteiger partial charge in [-0.25, -0.2) is 4.39 Å². The van der Waals surface area contributed by atoms with Gasteiger partial charge in [0.2, 0.25) is 0 Å². The summed E-state index contributed by atoms with van der Waals surface area (Å²) in [7, 11) is 3.37. The van der Waals surface area contributed by atoms with Gasteiger partial charge in [-0.15, -0.1) is 0 Å². The maximum atomic E-state index is 14.2. The van der Waals surface area contributed by atoms with Gasteiger partial charge in [-0.1, -0.05) is 13.0 Å². The molecule has 4 nitrogen and oxygen atoms in total. The van der Waals surface area contributed by atoms with E-state index in [9.17, 15) is 4.39 Å². The lowest BCUT2D eigenvalue weighted by Crippen LogP contribution is -2.14. The van der Waals surface area contributed by atoms with E-state index in [2.05, 4.69) is 17.3 Å². The van der Waals surface area contributed by atoms with Crippen molar-refractivity contribution in [2.75, 3.05) is 13.7 Å². The molecule has 1 heterocycles. The minimum Gasteiger partial charge on any atom is -0.496 e. The van der Waals surface area contributed by atoms with Crippen LogP contribution in [0.15, 0.2) is 24.4 Å². The average molecular weight is 277 g/mol. The van der Waals surface area contributed by atoms with Crippen molar-refractivity contribution < 1.29 is 9.13 Å². The van der Waals surface area contributed by atoms with Gasteiger partial charge in [0.25, 0.3) is 0 Å². The first-order chi connectivity index (χ1) is 9.67. The van der Waals surface area contributed by atoms with Gasteiger partial charge in [0, 0.05) is 25.4 Å². The molecule has 20 heavy (non-hydrogen) atoms. The number of aryl methyl sites for hydroxylation is 1. The highest BCUT2D eigenvalue weighted by atomic mass is 19.1. The van der Waals surface area contributed by atoms with Crippen molar-refractivity contribution in [3.05, 3.63) is 35.8 Å². The summed E-state index contributed by atoms with van der Waals surface area (Å²) in [4.78, 5) is 0. The minimum atomic E-state index is -0.320. The van der Waals surface area contributed by atoms with Crippen molar-refractivity contribution in [1.29, 1.82) is 0 Å². The molecule has 0 amide bonds. The number of methoxy groups -OCH3 is 1.